The monoisotopic (exact) mass is 413 g/mol. The molecule has 0 bridgehead atoms. The van der Waals surface area contributed by atoms with Gasteiger partial charge in [-0.3, -0.25) is 9.78 Å². The molecule has 5 nitrogen and oxygen atoms in total. The molecule has 5 heteroatoms. The van der Waals surface area contributed by atoms with Crippen LogP contribution in [-0.4, -0.2) is 39.6 Å². The first kappa shape index (κ1) is 21.1. The van der Waals surface area contributed by atoms with E-state index in [1.807, 2.05) is 30.3 Å². The average Bonchev–Trinajstić information content (AvgIpc) is 2.80. The van der Waals surface area contributed by atoms with Crippen LogP contribution < -0.4 is 0 Å². The molecule has 4 rings (SSSR count). The van der Waals surface area contributed by atoms with Gasteiger partial charge < -0.3 is 10.0 Å². The Hall–Kier alpha value is -3.15. The number of aromatic nitrogens is 1. The fourth-order valence-corrected chi connectivity index (χ4v) is 4.72. The highest BCUT2D eigenvalue weighted by atomic mass is 16.3. The molecule has 0 unspecified atom stereocenters. The van der Waals surface area contributed by atoms with E-state index < -0.39 is 12.1 Å². The van der Waals surface area contributed by atoms with Crippen molar-refractivity contribution < 1.29 is 9.90 Å². The Labute approximate surface area is 183 Å². The molecule has 1 saturated carbocycles. The summed E-state index contributed by atoms with van der Waals surface area (Å²) in [7, 11) is 0. The molecular formula is C26H27N3O2. The predicted molar refractivity (Wildman–Crippen MR) is 118 cm³/mol. The number of carbonyl (C=O) groups excluding carboxylic acids is 1. The standard InChI is InChI=1S/C26H27N3O2/c27-17-23-26(24(18-30)29(23)25(31)16-22-8-4-5-15-28-22)21-13-11-20(12-14-21)10-9-19-6-2-1-3-7-19/h4-5,8,11-15,19,23-24,26,30H,1-3,6-7,16,18H2/t23-,24+,26+/m1/s1. The average molecular weight is 414 g/mol. The third-order valence-corrected chi connectivity index (χ3v) is 6.40. The van der Waals surface area contributed by atoms with Crippen molar-refractivity contribution in [2.75, 3.05) is 6.61 Å². The van der Waals surface area contributed by atoms with E-state index in [9.17, 15) is 15.2 Å². The lowest BCUT2D eigenvalue weighted by atomic mass is 9.75. The van der Waals surface area contributed by atoms with Crippen molar-refractivity contribution in [1.29, 1.82) is 5.26 Å². The minimum atomic E-state index is -0.590. The number of nitriles is 1. The second kappa shape index (κ2) is 9.77. The first-order valence-corrected chi connectivity index (χ1v) is 11.0. The Morgan fingerprint density at radius 3 is 2.55 bits per heavy atom. The number of nitrogens with zero attached hydrogens (tertiary/aromatic N) is 3. The van der Waals surface area contributed by atoms with Crippen molar-refractivity contribution in [1.82, 2.24) is 9.88 Å². The van der Waals surface area contributed by atoms with Gasteiger partial charge in [-0.2, -0.15) is 5.26 Å². The van der Waals surface area contributed by atoms with Crippen LogP contribution in [0, 0.1) is 29.1 Å². The van der Waals surface area contributed by atoms with Crippen LogP contribution in [0.4, 0.5) is 0 Å². The lowest BCUT2D eigenvalue weighted by Gasteiger charge is -2.51. The van der Waals surface area contributed by atoms with Crippen LogP contribution in [0.1, 0.15) is 54.8 Å². The molecule has 2 heterocycles. The molecule has 1 amide bonds. The predicted octanol–water partition coefficient (Wildman–Crippen LogP) is 3.43. The molecule has 1 aromatic carbocycles. The van der Waals surface area contributed by atoms with Crippen molar-refractivity contribution >= 4 is 5.91 Å². The largest absolute Gasteiger partial charge is 0.394 e. The van der Waals surface area contributed by atoms with E-state index in [0.29, 0.717) is 11.6 Å². The molecule has 31 heavy (non-hydrogen) atoms. The van der Waals surface area contributed by atoms with Gasteiger partial charge in [0.05, 0.1) is 25.1 Å². The lowest BCUT2D eigenvalue weighted by molar-refractivity contribution is -0.146. The minimum absolute atomic E-state index is 0.123. The zero-order chi connectivity index (χ0) is 21.6. The molecule has 3 atom stereocenters. The van der Waals surface area contributed by atoms with E-state index >= 15 is 0 Å². The van der Waals surface area contributed by atoms with E-state index in [0.717, 1.165) is 11.1 Å². The van der Waals surface area contributed by atoms with Gasteiger partial charge in [0, 0.05) is 29.3 Å². The molecule has 0 spiro atoms. The molecule has 1 aliphatic heterocycles. The fraction of sp³-hybridized carbons (Fsp3) is 0.423. The van der Waals surface area contributed by atoms with Gasteiger partial charge >= 0.3 is 0 Å². The molecule has 1 N–H and O–H groups in total. The Balaban J connectivity index is 1.45. The number of hydrogen-bond donors (Lipinski definition) is 1. The number of rotatable bonds is 4. The van der Waals surface area contributed by atoms with Crippen molar-refractivity contribution in [3.8, 4) is 17.9 Å². The second-order valence-corrected chi connectivity index (χ2v) is 8.37. The van der Waals surface area contributed by atoms with Crippen LogP contribution in [0.25, 0.3) is 0 Å². The topological polar surface area (TPSA) is 77.2 Å². The van der Waals surface area contributed by atoms with Gasteiger partial charge in [-0.15, -0.1) is 0 Å². The Kier molecular flexibility index (Phi) is 6.65. The minimum Gasteiger partial charge on any atom is -0.394 e. The molecule has 158 valence electrons. The van der Waals surface area contributed by atoms with E-state index in [4.69, 9.17) is 0 Å². The van der Waals surface area contributed by atoms with Gasteiger partial charge in [0.1, 0.15) is 6.04 Å². The highest BCUT2D eigenvalue weighted by molar-refractivity contribution is 5.81. The van der Waals surface area contributed by atoms with Crippen molar-refractivity contribution in [3.63, 3.8) is 0 Å². The molecule has 2 aliphatic rings. The number of pyridine rings is 1. The number of hydrogen-bond acceptors (Lipinski definition) is 4. The number of likely N-dealkylation sites (tertiary alicyclic amines) is 1. The first-order chi connectivity index (χ1) is 15.2. The summed E-state index contributed by atoms with van der Waals surface area (Å²) in [6.07, 6.45) is 8.02. The molecule has 1 aliphatic carbocycles. The van der Waals surface area contributed by atoms with Crippen molar-refractivity contribution in [2.45, 2.75) is 56.5 Å². The van der Waals surface area contributed by atoms with Gasteiger partial charge in [-0.1, -0.05) is 49.3 Å². The summed E-state index contributed by atoms with van der Waals surface area (Å²) in [5, 5.41) is 19.7. The van der Waals surface area contributed by atoms with E-state index in [2.05, 4.69) is 22.9 Å². The van der Waals surface area contributed by atoms with Crippen LogP contribution in [0.15, 0.2) is 48.7 Å². The van der Waals surface area contributed by atoms with Gasteiger partial charge in [0.25, 0.3) is 0 Å². The van der Waals surface area contributed by atoms with Crippen LogP contribution in [-0.2, 0) is 11.2 Å². The number of aliphatic hydroxyl groups is 1. The fourth-order valence-electron chi connectivity index (χ4n) is 4.72. The highest BCUT2D eigenvalue weighted by Gasteiger charge is 2.51. The lowest BCUT2D eigenvalue weighted by Crippen LogP contribution is -2.65. The molecular weight excluding hydrogens is 386 g/mol. The quantitative estimate of drug-likeness (QED) is 0.779. The van der Waals surface area contributed by atoms with Crippen LogP contribution in [0.5, 0.6) is 0 Å². The van der Waals surface area contributed by atoms with E-state index in [1.54, 1.807) is 18.3 Å². The zero-order valence-electron chi connectivity index (χ0n) is 17.6. The molecule has 2 aromatic rings. The Morgan fingerprint density at radius 2 is 1.90 bits per heavy atom. The maximum absolute atomic E-state index is 12.8. The van der Waals surface area contributed by atoms with Gasteiger partial charge in [0.2, 0.25) is 5.91 Å². The Bertz CT molecular complexity index is 995. The van der Waals surface area contributed by atoms with Gasteiger partial charge in [-0.05, 0) is 42.7 Å². The van der Waals surface area contributed by atoms with Gasteiger partial charge in [-0.25, -0.2) is 0 Å². The molecule has 1 aromatic heterocycles. The van der Waals surface area contributed by atoms with E-state index in [1.165, 1.54) is 37.0 Å². The normalized spacial score (nSPS) is 23.2. The zero-order valence-corrected chi connectivity index (χ0v) is 17.6. The smallest absolute Gasteiger partial charge is 0.230 e. The number of aliphatic hydroxyl groups excluding tert-OH is 1. The van der Waals surface area contributed by atoms with Crippen molar-refractivity contribution in [3.05, 3.63) is 65.5 Å². The molecule has 2 fully saturated rings. The van der Waals surface area contributed by atoms with Crippen molar-refractivity contribution in [2.24, 2.45) is 5.92 Å². The summed E-state index contributed by atoms with van der Waals surface area (Å²) < 4.78 is 0. The van der Waals surface area contributed by atoms with Crippen LogP contribution in [0.2, 0.25) is 0 Å². The third-order valence-electron chi connectivity index (χ3n) is 6.40. The maximum atomic E-state index is 12.8. The van der Waals surface area contributed by atoms with Gasteiger partial charge in [0.15, 0.2) is 0 Å². The van der Waals surface area contributed by atoms with Crippen LogP contribution in [0.3, 0.4) is 0 Å². The maximum Gasteiger partial charge on any atom is 0.230 e. The summed E-state index contributed by atoms with van der Waals surface area (Å²) in [6, 6.07) is 14.6. The molecule has 0 radical (unpaired) electrons. The third kappa shape index (κ3) is 4.63. The summed E-state index contributed by atoms with van der Waals surface area (Å²) >= 11 is 0. The number of benzene rings is 1. The SMILES string of the molecule is N#C[C@@H]1[C@H](c2ccc(C#CC3CCCCC3)cc2)[C@H](CO)N1C(=O)Cc1ccccn1. The highest BCUT2D eigenvalue weighted by Crippen LogP contribution is 2.40. The van der Waals surface area contributed by atoms with E-state index in [-0.39, 0.29) is 24.9 Å². The summed E-state index contributed by atoms with van der Waals surface area (Å²) in [4.78, 5) is 18.5. The molecule has 1 saturated heterocycles. The Morgan fingerprint density at radius 1 is 1.13 bits per heavy atom. The first-order valence-electron chi connectivity index (χ1n) is 11.0. The second-order valence-electron chi connectivity index (χ2n) is 8.37. The van der Waals surface area contributed by atoms with Crippen LogP contribution >= 0.6 is 0 Å². The number of carbonyl (C=O) groups is 1. The number of amides is 1. The summed E-state index contributed by atoms with van der Waals surface area (Å²) in [5.41, 5.74) is 2.58. The summed E-state index contributed by atoms with van der Waals surface area (Å²) in [6.45, 7) is -0.181. The summed E-state index contributed by atoms with van der Waals surface area (Å²) in [5.74, 6) is 6.79.